The molecule has 0 atom stereocenters. The van der Waals surface area contributed by atoms with Crippen LogP contribution in [0.3, 0.4) is 0 Å². The largest absolute Gasteiger partial charge is 0.368 e. The predicted molar refractivity (Wildman–Crippen MR) is 46.8 cm³/mol. The first-order valence-corrected chi connectivity index (χ1v) is 4.59. The van der Waals surface area contributed by atoms with Gasteiger partial charge in [0.2, 0.25) is 0 Å². The minimum absolute atomic E-state index is 0.249. The smallest absolute Gasteiger partial charge is 0.151 e. The van der Waals surface area contributed by atoms with E-state index in [1.165, 1.54) is 0 Å². The van der Waals surface area contributed by atoms with Crippen LogP contribution in [-0.2, 0) is 9.78 Å². The number of aliphatic hydroxyl groups excluding tert-OH is 2. The summed E-state index contributed by atoms with van der Waals surface area (Å²) in [4.78, 5) is 9.36. The van der Waals surface area contributed by atoms with Gasteiger partial charge in [-0.1, -0.05) is 0 Å². The highest BCUT2D eigenvalue weighted by Crippen LogP contribution is 1.97. The van der Waals surface area contributed by atoms with Gasteiger partial charge in [-0.3, -0.25) is 0 Å². The Hall–Kier alpha value is -0.240. The standard InChI is InChI=1S/C8H18O6/c9-7(10)3-1-5-13-14-6-2-4-8(11)12/h7-12H,1-6H2. The Balaban J connectivity index is 2.92. The van der Waals surface area contributed by atoms with Crippen LogP contribution in [0.4, 0.5) is 0 Å². The van der Waals surface area contributed by atoms with Crippen LogP contribution in [0, 0.1) is 0 Å². The van der Waals surface area contributed by atoms with Crippen LogP contribution >= 0.6 is 0 Å². The Kier molecular flexibility index (Phi) is 9.16. The van der Waals surface area contributed by atoms with Crippen LogP contribution in [0.5, 0.6) is 0 Å². The molecule has 0 radical (unpaired) electrons. The van der Waals surface area contributed by atoms with Crippen molar-refractivity contribution < 1.29 is 30.2 Å². The lowest BCUT2D eigenvalue weighted by atomic mass is 10.3. The maximum absolute atomic E-state index is 8.46. The summed E-state index contributed by atoms with van der Waals surface area (Å²) >= 11 is 0. The van der Waals surface area contributed by atoms with Crippen LogP contribution in [0.1, 0.15) is 25.7 Å². The monoisotopic (exact) mass is 210 g/mol. The summed E-state index contributed by atoms with van der Waals surface area (Å²) < 4.78 is 0. The summed E-state index contributed by atoms with van der Waals surface area (Å²) in [5, 5.41) is 33.8. The molecule has 0 aromatic heterocycles. The normalized spacial score (nSPS) is 11.6. The molecule has 0 aliphatic heterocycles. The molecule has 0 rings (SSSR count). The van der Waals surface area contributed by atoms with E-state index in [9.17, 15) is 0 Å². The number of rotatable bonds is 9. The first-order valence-electron chi connectivity index (χ1n) is 4.59. The molecule has 0 aliphatic rings. The molecule has 0 heterocycles. The van der Waals surface area contributed by atoms with E-state index in [4.69, 9.17) is 20.4 Å². The van der Waals surface area contributed by atoms with Gasteiger partial charge in [-0.15, -0.1) is 0 Å². The quantitative estimate of drug-likeness (QED) is 0.171. The van der Waals surface area contributed by atoms with Gasteiger partial charge in [0.1, 0.15) is 0 Å². The van der Waals surface area contributed by atoms with E-state index >= 15 is 0 Å². The zero-order chi connectivity index (χ0) is 10.8. The average molecular weight is 210 g/mol. The molecule has 0 aromatic rings. The molecule has 0 bridgehead atoms. The van der Waals surface area contributed by atoms with Gasteiger partial charge in [0.25, 0.3) is 0 Å². The van der Waals surface area contributed by atoms with E-state index in [-0.39, 0.29) is 12.8 Å². The Morgan fingerprint density at radius 1 is 0.714 bits per heavy atom. The van der Waals surface area contributed by atoms with Crippen LogP contribution < -0.4 is 0 Å². The fraction of sp³-hybridized carbons (Fsp3) is 1.00. The van der Waals surface area contributed by atoms with Crippen LogP contribution in [0.25, 0.3) is 0 Å². The number of aliphatic hydroxyl groups is 4. The van der Waals surface area contributed by atoms with Crippen molar-refractivity contribution in [1.82, 2.24) is 0 Å². The van der Waals surface area contributed by atoms with E-state index in [1.54, 1.807) is 0 Å². The van der Waals surface area contributed by atoms with Gasteiger partial charge in [0.05, 0.1) is 13.2 Å². The first-order chi connectivity index (χ1) is 6.63. The maximum atomic E-state index is 8.46. The highest BCUT2D eigenvalue weighted by atomic mass is 17.2. The van der Waals surface area contributed by atoms with Gasteiger partial charge in [0.15, 0.2) is 12.6 Å². The number of hydrogen-bond acceptors (Lipinski definition) is 6. The second-order valence-corrected chi connectivity index (χ2v) is 2.89. The second-order valence-electron chi connectivity index (χ2n) is 2.89. The SMILES string of the molecule is OC(O)CCCOOCCCC(O)O. The minimum atomic E-state index is -1.30. The fourth-order valence-electron chi connectivity index (χ4n) is 0.768. The summed E-state index contributed by atoms with van der Waals surface area (Å²) in [6.45, 7) is 0.582. The Labute approximate surface area is 82.6 Å². The van der Waals surface area contributed by atoms with Gasteiger partial charge in [0, 0.05) is 12.8 Å². The molecule has 6 nitrogen and oxygen atoms in total. The third-order valence-electron chi connectivity index (χ3n) is 1.46. The van der Waals surface area contributed by atoms with Gasteiger partial charge in [-0.2, -0.15) is 0 Å². The molecule has 0 saturated carbocycles. The molecular formula is C8H18O6. The fourth-order valence-corrected chi connectivity index (χ4v) is 0.768. The molecular weight excluding hydrogens is 192 g/mol. The Morgan fingerprint density at radius 2 is 1.07 bits per heavy atom. The minimum Gasteiger partial charge on any atom is -0.368 e. The van der Waals surface area contributed by atoms with Crippen molar-refractivity contribution in [1.29, 1.82) is 0 Å². The van der Waals surface area contributed by atoms with Crippen molar-refractivity contribution in [2.45, 2.75) is 38.3 Å². The zero-order valence-electron chi connectivity index (χ0n) is 8.00. The summed E-state index contributed by atoms with van der Waals surface area (Å²) in [6, 6.07) is 0. The Morgan fingerprint density at radius 3 is 1.36 bits per heavy atom. The summed E-state index contributed by atoms with van der Waals surface area (Å²) in [7, 11) is 0. The van der Waals surface area contributed by atoms with Crippen molar-refractivity contribution in [3.63, 3.8) is 0 Å². The molecule has 4 N–H and O–H groups in total. The lowest BCUT2D eigenvalue weighted by Crippen LogP contribution is -2.08. The van der Waals surface area contributed by atoms with E-state index in [0.717, 1.165) is 0 Å². The molecule has 0 unspecified atom stereocenters. The summed E-state index contributed by atoms with van der Waals surface area (Å²) in [5.74, 6) is 0. The molecule has 0 saturated heterocycles. The topological polar surface area (TPSA) is 99.4 Å². The first kappa shape index (κ1) is 13.8. The van der Waals surface area contributed by atoms with Crippen LogP contribution in [-0.4, -0.2) is 46.2 Å². The average Bonchev–Trinajstić information content (AvgIpc) is 2.08. The van der Waals surface area contributed by atoms with Crippen LogP contribution in [0.2, 0.25) is 0 Å². The highest BCUT2D eigenvalue weighted by molar-refractivity contribution is 4.39. The van der Waals surface area contributed by atoms with E-state index < -0.39 is 12.6 Å². The van der Waals surface area contributed by atoms with Crippen molar-refractivity contribution in [3.05, 3.63) is 0 Å². The number of hydrogen-bond donors (Lipinski definition) is 4. The van der Waals surface area contributed by atoms with Crippen molar-refractivity contribution >= 4 is 0 Å². The van der Waals surface area contributed by atoms with Crippen molar-refractivity contribution in [2.24, 2.45) is 0 Å². The molecule has 86 valence electrons. The molecule has 14 heavy (non-hydrogen) atoms. The van der Waals surface area contributed by atoms with E-state index in [0.29, 0.717) is 26.1 Å². The lowest BCUT2D eigenvalue weighted by Gasteiger charge is -2.05. The van der Waals surface area contributed by atoms with Crippen molar-refractivity contribution in [3.8, 4) is 0 Å². The highest BCUT2D eigenvalue weighted by Gasteiger charge is 1.98. The molecule has 0 aliphatic carbocycles. The Bertz CT molecular complexity index is 102. The lowest BCUT2D eigenvalue weighted by molar-refractivity contribution is -0.297. The van der Waals surface area contributed by atoms with Gasteiger partial charge >= 0.3 is 0 Å². The van der Waals surface area contributed by atoms with Gasteiger partial charge in [-0.25, -0.2) is 9.78 Å². The summed E-state index contributed by atoms with van der Waals surface area (Å²) in [5.41, 5.74) is 0. The second kappa shape index (κ2) is 9.32. The molecule has 6 heteroatoms. The van der Waals surface area contributed by atoms with E-state index in [2.05, 4.69) is 9.78 Å². The summed E-state index contributed by atoms with van der Waals surface area (Å²) in [6.07, 6.45) is -1.11. The third-order valence-corrected chi connectivity index (χ3v) is 1.46. The molecule has 0 aromatic carbocycles. The zero-order valence-corrected chi connectivity index (χ0v) is 8.00. The van der Waals surface area contributed by atoms with Crippen molar-refractivity contribution in [2.75, 3.05) is 13.2 Å². The molecule has 0 amide bonds. The molecule has 0 spiro atoms. The van der Waals surface area contributed by atoms with Crippen LogP contribution in [0.15, 0.2) is 0 Å². The van der Waals surface area contributed by atoms with Gasteiger partial charge < -0.3 is 20.4 Å². The maximum Gasteiger partial charge on any atom is 0.151 e. The predicted octanol–water partition coefficient (Wildman–Crippen LogP) is -0.884. The molecule has 0 fully saturated rings. The van der Waals surface area contributed by atoms with E-state index in [1.807, 2.05) is 0 Å². The van der Waals surface area contributed by atoms with Gasteiger partial charge in [-0.05, 0) is 12.8 Å². The third kappa shape index (κ3) is 11.8.